The Morgan fingerprint density at radius 3 is 2.87 bits per heavy atom. The second kappa shape index (κ2) is 3.26. The monoisotopic (exact) mass is 221 g/mol. The minimum Gasteiger partial charge on any atom is -0.354 e. The van der Waals surface area contributed by atoms with Gasteiger partial charge in [-0.15, -0.1) is 0 Å². The van der Waals surface area contributed by atoms with E-state index in [-0.39, 0.29) is 11.2 Å². The number of halogens is 1. The maximum absolute atomic E-state index is 10.7. The van der Waals surface area contributed by atoms with Crippen LogP contribution in [0.3, 0.4) is 0 Å². The SMILES string of the molecule is N#Cc1ccc([N+](=O)[O-])c2[nH]cc(Cl)c12. The highest BCUT2D eigenvalue weighted by atomic mass is 35.5. The van der Waals surface area contributed by atoms with Crippen LogP contribution in [0.15, 0.2) is 18.3 Å². The van der Waals surface area contributed by atoms with E-state index in [2.05, 4.69) is 4.98 Å². The number of H-pyrrole nitrogens is 1. The number of hydrogen-bond acceptors (Lipinski definition) is 3. The Kier molecular flexibility index (Phi) is 2.06. The fourth-order valence-electron chi connectivity index (χ4n) is 1.44. The molecule has 0 amide bonds. The van der Waals surface area contributed by atoms with E-state index in [0.29, 0.717) is 16.0 Å². The molecule has 0 bridgehead atoms. The number of nitro groups is 1. The van der Waals surface area contributed by atoms with Gasteiger partial charge in [-0.05, 0) is 6.07 Å². The number of hydrogen-bond donors (Lipinski definition) is 1. The quantitative estimate of drug-likeness (QED) is 0.593. The number of non-ortho nitro benzene ring substituents is 1. The van der Waals surface area contributed by atoms with Gasteiger partial charge in [-0.25, -0.2) is 0 Å². The number of aromatic nitrogens is 1. The van der Waals surface area contributed by atoms with Crippen molar-refractivity contribution in [2.45, 2.75) is 0 Å². The summed E-state index contributed by atoms with van der Waals surface area (Å²) in [7, 11) is 0. The van der Waals surface area contributed by atoms with E-state index in [1.807, 2.05) is 6.07 Å². The van der Waals surface area contributed by atoms with Crippen LogP contribution in [0.4, 0.5) is 5.69 Å². The van der Waals surface area contributed by atoms with Gasteiger partial charge in [0.15, 0.2) is 0 Å². The van der Waals surface area contributed by atoms with Crippen molar-refractivity contribution in [3.63, 3.8) is 0 Å². The summed E-state index contributed by atoms with van der Waals surface area (Å²) in [6.07, 6.45) is 1.43. The summed E-state index contributed by atoms with van der Waals surface area (Å²) in [4.78, 5) is 12.9. The smallest absolute Gasteiger partial charge is 0.293 e. The standard InChI is InChI=1S/C9H4ClN3O2/c10-6-4-12-9-7(13(14)15)2-1-5(3-11)8(6)9/h1-2,4,12H. The zero-order valence-electron chi connectivity index (χ0n) is 7.32. The second-order valence-corrected chi connectivity index (χ2v) is 3.29. The van der Waals surface area contributed by atoms with Crippen LogP contribution in [0, 0.1) is 21.4 Å². The number of nitrogens with zero attached hydrogens (tertiary/aromatic N) is 2. The van der Waals surface area contributed by atoms with Gasteiger partial charge >= 0.3 is 0 Å². The van der Waals surface area contributed by atoms with Crippen LogP contribution < -0.4 is 0 Å². The van der Waals surface area contributed by atoms with Crippen molar-refractivity contribution in [3.8, 4) is 6.07 Å². The first-order chi connectivity index (χ1) is 7.15. The summed E-state index contributed by atoms with van der Waals surface area (Å²) in [5, 5.41) is 20.2. The van der Waals surface area contributed by atoms with E-state index in [9.17, 15) is 10.1 Å². The summed E-state index contributed by atoms with van der Waals surface area (Å²) in [6, 6.07) is 4.61. The summed E-state index contributed by atoms with van der Waals surface area (Å²) in [5.74, 6) is 0. The number of fused-ring (bicyclic) bond motifs is 1. The fraction of sp³-hybridized carbons (Fsp3) is 0. The highest BCUT2D eigenvalue weighted by Gasteiger charge is 2.17. The predicted octanol–water partition coefficient (Wildman–Crippen LogP) is 2.60. The minimum atomic E-state index is -0.518. The first-order valence-corrected chi connectivity index (χ1v) is 4.37. The third kappa shape index (κ3) is 1.32. The number of benzene rings is 1. The molecule has 15 heavy (non-hydrogen) atoms. The molecule has 1 aromatic heterocycles. The average Bonchev–Trinajstić information content (AvgIpc) is 2.60. The topological polar surface area (TPSA) is 82.7 Å². The number of aromatic amines is 1. The summed E-state index contributed by atoms with van der Waals surface area (Å²) < 4.78 is 0. The van der Waals surface area contributed by atoms with Crippen LogP contribution in [-0.4, -0.2) is 9.91 Å². The first-order valence-electron chi connectivity index (χ1n) is 3.99. The summed E-state index contributed by atoms with van der Waals surface area (Å²) >= 11 is 5.83. The molecule has 0 aliphatic heterocycles. The van der Waals surface area contributed by atoms with Crippen LogP contribution in [0.5, 0.6) is 0 Å². The minimum absolute atomic E-state index is 0.0871. The van der Waals surface area contributed by atoms with Crippen molar-refractivity contribution in [1.29, 1.82) is 5.26 Å². The summed E-state index contributed by atoms with van der Waals surface area (Å²) in [6.45, 7) is 0. The maximum atomic E-state index is 10.7. The molecule has 0 unspecified atom stereocenters. The Morgan fingerprint density at radius 1 is 1.53 bits per heavy atom. The molecule has 1 heterocycles. The number of rotatable bonds is 1. The van der Waals surface area contributed by atoms with Gasteiger partial charge in [0.05, 0.1) is 21.6 Å². The molecule has 0 saturated carbocycles. The third-order valence-corrected chi connectivity index (χ3v) is 2.38. The Morgan fingerprint density at radius 2 is 2.27 bits per heavy atom. The molecule has 2 rings (SSSR count). The van der Waals surface area contributed by atoms with E-state index in [1.54, 1.807) is 0 Å². The van der Waals surface area contributed by atoms with E-state index < -0.39 is 4.92 Å². The molecular weight excluding hydrogens is 218 g/mol. The van der Waals surface area contributed by atoms with E-state index in [0.717, 1.165) is 0 Å². The Balaban J connectivity index is 2.93. The molecule has 0 aliphatic carbocycles. The van der Waals surface area contributed by atoms with Crippen LogP contribution in [0.2, 0.25) is 5.02 Å². The van der Waals surface area contributed by atoms with Crippen molar-refractivity contribution in [2.24, 2.45) is 0 Å². The van der Waals surface area contributed by atoms with E-state index >= 15 is 0 Å². The van der Waals surface area contributed by atoms with Crippen molar-refractivity contribution in [3.05, 3.63) is 39.0 Å². The molecular formula is C9H4ClN3O2. The van der Waals surface area contributed by atoms with Gasteiger partial charge in [-0.2, -0.15) is 5.26 Å². The second-order valence-electron chi connectivity index (χ2n) is 2.89. The van der Waals surface area contributed by atoms with Crippen molar-refractivity contribution >= 4 is 28.2 Å². The third-order valence-electron chi connectivity index (χ3n) is 2.08. The molecule has 2 aromatic rings. The molecule has 0 saturated heterocycles. The Bertz CT molecular complexity index is 597. The molecule has 0 radical (unpaired) electrons. The Hall–Kier alpha value is -2.06. The van der Waals surface area contributed by atoms with Gasteiger partial charge in [0.2, 0.25) is 0 Å². The van der Waals surface area contributed by atoms with Crippen molar-refractivity contribution < 1.29 is 4.92 Å². The Labute approximate surface area is 89.0 Å². The predicted molar refractivity (Wildman–Crippen MR) is 54.7 cm³/mol. The van der Waals surface area contributed by atoms with Crippen molar-refractivity contribution in [1.82, 2.24) is 4.98 Å². The lowest BCUT2D eigenvalue weighted by molar-refractivity contribution is -0.383. The van der Waals surface area contributed by atoms with E-state index in [4.69, 9.17) is 16.9 Å². The molecule has 74 valence electrons. The highest BCUT2D eigenvalue weighted by molar-refractivity contribution is 6.36. The van der Waals surface area contributed by atoms with Crippen molar-refractivity contribution in [2.75, 3.05) is 0 Å². The molecule has 1 aromatic carbocycles. The fourth-order valence-corrected chi connectivity index (χ4v) is 1.69. The highest BCUT2D eigenvalue weighted by Crippen LogP contribution is 2.32. The zero-order valence-corrected chi connectivity index (χ0v) is 8.08. The van der Waals surface area contributed by atoms with E-state index in [1.165, 1.54) is 18.3 Å². The number of nitrogens with one attached hydrogen (secondary N) is 1. The van der Waals surface area contributed by atoms with Crippen LogP contribution in [0.1, 0.15) is 5.56 Å². The van der Waals surface area contributed by atoms with Crippen LogP contribution in [0.25, 0.3) is 10.9 Å². The number of nitro benzene ring substituents is 1. The van der Waals surface area contributed by atoms with Gasteiger partial charge < -0.3 is 4.98 Å². The van der Waals surface area contributed by atoms with Gasteiger partial charge in [-0.3, -0.25) is 10.1 Å². The van der Waals surface area contributed by atoms with Gasteiger partial charge in [-0.1, -0.05) is 11.6 Å². The average molecular weight is 222 g/mol. The van der Waals surface area contributed by atoms with Crippen LogP contribution >= 0.6 is 11.6 Å². The van der Waals surface area contributed by atoms with Gasteiger partial charge in [0.25, 0.3) is 5.69 Å². The maximum Gasteiger partial charge on any atom is 0.293 e. The zero-order chi connectivity index (χ0) is 11.0. The number of nitriles is 1. The lowest BCUT2D eigenvalue weighted by Crippen LogP contribution is -1.90. The molecule has 1 N–H and O–H groups in total. The molecule has 6 heteroatoms. The van der Waals surface area contributed by atoms with Gasteiger partial charge in [0.1, 0.15) is 5.52 Å². The lowest BCUT2D eigenvalue weighted by Gasteiger charge is -1.96. The molecule has 0 fully saturated rings. The first kappa shape index (κ1) is 9.49. The van der Waals surface area contributed by atoms with Crippen LogP contribution in [-0.2, 0) is 0 Å². The normalized spacial score (nSPS) is 10.1. The van der Waals surface area contributed by atoms with Gasteiger partial charge in [0, 0.05) is 17.6 Å². The molecule has 0 aliphatic rings. The summed E-state index contributed by atoms with van der Waals surface area (Å²) in [5.41, 5.74) is 0.516. The molecule has 5 nitrogen and oxygen atoms in total. The lowest BCUT2D eigenvalue weighted by atomic mass is 10.1. The molecule has 0 atom stereocenters. The molecule has 0 spiro atoms. The largest absolute Gasteiger partial charge is 0.354 e.